The third-order valence-electron chi connectivity index (χ3n) is 8.52. The minimum absolute atomic E-state index is 0.109. The molecule has 0 bridgehead atoms. The zero-order valence-corrected chi connectivity index (χ0v) is 26.3. The minimum atomic E-state index is -1.32. The molecule has 1 aliphatic heterocycles. The van der Waals surface area contributed by atoms with Gasteiger partial charge in [0.2, 0.25) is 0 Å². The Morgan fingerprint density at radius 2 is 1.87 bits per heavy atom. The van der Waals surface area contributed by atoms with E-state index in [0.29, 0.717) is 53.5 Å². The lowest BCUT2D eigenvalue weighted by Gasteiger charge is -2.35. The molecule has 1 saturated heterocycles. The molecule has 5 aromatic rings. The van der Waals surface area contributed by atoms with Crippen LogP contribution in [-0.2, 0) is 27.7 Å². The second kappa shape index (κ2) is 12.8. The molecule has 0 radical (unpaired) electrons. The number of aromatic nitrogens is 3. The predicted octanol–water partition coefficient (Wildman–Crippen LogP) is 3.88. The highest BCUT2D eigenvalue weighted by Gasteiger charge is 2.29. The number of halogens is 2. The van der Waals surface area contributed by atoms with E-state index >= 15 is 8.78 Å². The number of nitrogens with one attached hydrogen (secondary N) is 1. The van der Waals surface area contributed by atoms with Gasteiger partial charge in [0.15, 0.2) is 0 Å². The first-order chi connectivity index (χ1) is 22.6. The third kappa shape index (κ3) is 5.67. The Labute approximate surface area is 268 Å². The number of pyridine rings is 2. The quantitative estimate of drug-likeness (QED) is 0.253. The van der Waals surface area contributed by atoms with Crippen molar-refractivity contribution < 1.29 is 32.6 Å². The number of hydrogen-bond acceptors (Lipinski definition) is 8. The third-order valence-corrected chi connectivity index (χ3v) is 8.52. The molecule has 244 valence electrons. The standard InChI is InChI=1S/C34H33F2N5O6/c1-19-18-47-14-13-40(19)21-15-24(35)29(25(36)16-21)32(42)38-26(34(44)46-4)17-20-9-10-23(31-37-11-12-41(20)31)28-30(45-3)22-7-5-6-8-27(22)39(2)33(28)43/h5-12,15-16,19,26H,13-14,17-18H2,1-4H3,(H,38,42)/t19-,26+/m1/s1. The fourth-order valence-corrected chi connectivity index (χ4v) is 6.18. The number of methoxy groups -OCH3 is 2. The number of nitrogens with zero attached hydrogens (tertiary/aromatic N) is 4. The predicted molar refractivity (Wildman–Crippen MR) is 171 cm³/mol. The summed E-state index contributed by atoms with van der Waals surface area (Å²) in [7, 11) is 4.32. The number of rotatable bonds is 8. The molecule has 4 heterocycles. The number of carbonyl (C=O) groups is 2. The van der Waals surface area contributed by atoms with Gasteiger partial charge < -0.3 is 33.4 Å². The van der Waals surface area contributed by atoms with Crippen LogP contribution in [0.4, 0.5) is 14.5 Å². The fraction of sp³-hybridized carbons (Fsp3) is 0.294. The largest absolute Gasteiger partial charge is 0.495 e. The highest BCUT2D eigenvalue weighted by Crippen LogP contribution is 2.36. The van der Waals surface area contributed by atoms with Gasteiger partial charge in [-0.25, -0.2) is 18.6 Å². The number of para-hydroxylation sites is 1. The molecule has 47 heavy (non-hydrogen) atoms. The molecular weight excluding hydrogens is 612 g/mol. The van der Waals surface area contributed by atoms with Crippen LogP contribution in [0, 0.1) is 11.6 Å². The fourth-order valence-electron chi connectivity index (χ4n) is 6.18. The maximum atomic E-state index is 15.3. The number of fused-ring (bicyclic) bond motifs is 2. The lowest BCUT2D eigenvalue weighted by atomic mass is 10.0. The number of aryl methyl sites for hydroxylation is 1. The van der Waals surface area contributed by atoms with Crippen molar-refractivity contribution in [1.29, 1.82) is 0 Å². The Kier molecular flexibility index (Phi) is 8.65. The first kappa shape index (κ1) is 31.7. The minimum Gasteiger partial charge on any atom is -0.495 e. The summed E-state index contributed by atoms with van der Waals surface area (Å²) >= 11 is 0. The zero-order chi connectivity index (χ0) is 33.4. The normalized spacial score (nSPS) is 15.5. The van der Waals surface area contributed by atoms with E-state index in [0.717, 1.165) is 24.6 Å². The van der Waals surface area contributed by atoms with E-state index in [-0.39, 0.29) is 23.7 Å². The Hall–Kier alpha value is -5.30. The summed E-state index contributed by atoms with van der Waals surface area (Å²) in [6.45, 7) is 3.14. The Morgan fingerprint density at radius 3 is 2.57 bits per heavy atom. The molecule has 2 atom stereocenters. The van der Waals surface area contributed by atoms with Gasteiger partial charge in [0, 0.05) is 60.8 Å². The van der Waals surface area contributed by atoms with E-state index in [9.17, 15) is 14.4 Å². The Morgan fingerprint density at radius 1 is 1.13 bits per heavy atom. The van der Waals surface area contributed by atoms with Gasteiger partial charge >= 0.3 is 5.97 Å². The molecule has 0 unspecified atom stereocenters. The van der Waals surface area contributed by atoms with Gasteiger partial charge in [0.25, 0.3) is 11.5 Å². The van der Waals surface area contributed by atoms with Gasteiger partial charge in [-0.1, -0.05) is 12.1 Å². The summed E-state index contributed by atoms with van der Waals surface area (Å²) in [5.74, 6) is -3.67. The molecule has 1 amide bonds. The van der Waals surface area contributed by atoms with Crippen LogP contribution in [0.2, 0.25) is 0 Å². The van der Waals surface area contributed by atoms with E-state index in [1.54, 1.807) is 34.7 Å². The molecule has 1 aliphatic rings. The van der Waals surface area contributed by atoms with Crippen LogP contribution in [0.25, 0.3) is 27.7 Å². The molecular formula is C34H33F2N5O6. The number of ether oxygens (including phenoxy) is 3. The average molecular weight is 646 g/mol. The highest BCUT2D eigenvalue weighted by molar-refractivity contribution is 5.98. The molecule has 13 heteroatoms. The molecule has 0 spiro atoms. The molecule has 2 aromatic carbocycles. The van der Waals surface area contributed by atoms with Gasteiger partial charge in [-0.3, -0.25) is 9.59 Å². The Bertz CT molecular complexity index is 2050. The molecule has 3 aromatic heterocycles. The van der Waals surface area contributed by atoms with E-state index < -0.39 is 35.1 Å². The van der Waals surface area contributed by atoms with Crippen molar-refractivity contribution >= 4 is 34.1 Å². The van der Waals surface area contributed by atoms with Crippen molar-refractivity contribution in [3.8, 4) is 16.9 Å². The highest BCUT2D eigenvalue weighted by atomic mass is 19.1. The molecule has 11 nitrogen and oxygen atoms in total. The van der Waals surface area contributed by atoms with Gasteiger partial charge in [-0.15, -0.1) is 0 Å². The lowest BCUT2D eigenvalue weighted by Crippen LogP contribution is -2.44. The van der Waals surface area contributed by atoms with Crippen LogP contribution in [0.1, 0.15) is 23.0 Å². The van der Waals surface area contributed by atoms with E-state index in [2.05, 4.69) is 10.3 Å². The van der Waals surface area contributed by atoms with Crippen LogP contribution in [0.3, 0.4) is 0 Å². The second-order valence-electron chi connectivity index (χ2n) is 11.3. The lowest BCUT2D eigenvalue weighted by molar-refractivity contribution is -0.142. The number of anilines is 1. The van der Waals surface area contributed by atoms with Crippen molar-refractivity contribution in [3.63, 3.8) is 0 Å². The number of benzene rings is 2. The summed E-state index contributed by atoms with van der Waals surface area (Å²) < 4.78 is 49.8. The van der Waals surface area contributed by atoms with E-state index in [1.807, 2.05) is 31.2 Å². The van der Waals surface area contributed by atoms with Gasteiger partial charge in [0.05, 0.1) is 38.5 Å². The summed E-state index contributed by atoms with van der Waals surface area (Å²) in [5, 5.41) is 3.18. The molecule has 6 rings (SSSR count). The van der Waals surface area contributed by atoms with Crippen molar-refractivity contribution in [1.82, 2.24) is 19.3 Å². The van der Waals surface area contributed by atoms with Gasteiger partial charge in [0.1, 0.15) is 34.6 Å². The number of amides is 1. The van der Waals surface area contributed by atoms with Crippen molar-refractivity contribution in [2.45, 2.75) is 25.4 Å². The number of hydrogen-bond donors (Lipinski definition) is 1. The van der Waals surface area contributed by atoms with Crippen molar-refractivity contribution in [3.05, 3.63) is 94.2 Å². The second-order valence-corrected chi connectivity index (χ2v) is 11.3. The van der Waals surface area contributed by atoms with Gasteiger partial charge in [-0.05, 0) is 43.3 Å². The molecule has 0 aliphatic carbocycles. The molecule has 1 N–H and O–H groups in total. The SMILES string of the molecule is COC(=O)[C@H](Cc1ccc(-c2c(OC)c3ccccc3n(C)c2=O)c2nccn12)NC(=O)c1c(F)cc(N2CCOC[C@H]2C)cc1F. The molecule has 0 saturated carbocycles. The molecule has 1 fully saturated rings. The number of carbonyl (C=O) groups excluding carboxylic acids is 2. The van der Waals surface area contributed by atoms with Crippen LogP contribution in [-0.4, -0.2) is 71.9 Å². The number of imidazole rings is 1. The zero-order valence-electron chi connectivity index (χ0n) is 26.3. The topological polar surface area (TPSA) is 116 Å². The van der Waals surface area contributed by atoms with Gasteiger partial charge in [-0.2, -0.15) is 0 Å². The smallest absolute Gasteiger partial charge is 0.328 e. The Balaban J connectivity index is 1.34. The van der Waals surface area contributed by atoms with Crippen LogP contribution in [0.5, 0.6) is 5.75 Å². The summed E-state index contributed by atoms with van der Waals surface area (Å²) in [4.78, 5) is 46.0. The van der Waals surface area contributed by atoms with Crippen LogP contribution < -0.4 is 20.5 Å². The maximum Gasteiger partial charge on any atom is 0.328 e. The summed E-state index contributed by atoms with van der Waals surface area (Å²) in [6, 6.07) is 11.5. The summed E-state index contributed by atoms with van der Waals surface area (Å²) in [6.07, 6.45) is 3.06. The monoisotopic (exact) mass is 645 g/mol. The van der Waals surface area contributed by atoms with E-state index in [1.165, 1.54) is 17.9 Å². The number of esters is 1. The van der Waals surface area contributed by atoms with Crippen LogP contribution >= 0.6 is 0 Å². The number of morpholine rings is 1. The first-order valence-corrected chi connectivity index (χ1v) is 15.0. The van der Waals surface area contributed by atoms with Crippen molar-refractivity contribution in [2.75, 3.05) is 38.9 Å². The summed E-state index contributed by atoms with van der Waals surface area (Å²) in [5.41, 5.74) is 1.57. The van der Waals surface area contributed by atoms with Crippen LogP contribution in [0.15, 0.2) is 65.7 Å². The first-order valence-electron chi connectivity index (χ1n) is 15.0. The maximum absolute atomic E-state index is 15.3. The average Bonchev–Trinajstić information content (AvgIpc) is 3.56. The van der Waals surface area contributed by atoms with Crippen molar-refractivity contribution in [2.24, 2.45) is 7.05 Å². The van der Waals surface area contributed by atoms with E-state index in [4.69, 9.17) is 14.2 Å².